The molecule has 0 radical (unpaired) electrons. The second kappa shape index (κ2) is 11.0. The smallest absolute Gasteiger partial charge is 0.507 e. The van der Waals surface area contributed by atoms with Gasteiger partial charge in [0.2, 0.25) is 6.29 Å². The second-order valence-electron chi connectivity index (χ2n) is 8.22. The highest BCUT2D eigenvalue weighted by Gasteiger charge is 2.48. The van der Waals surface area contributed by atoms with Crippen molar-refractivity contribution in [3.8, 4) is 22.6 Å². The van der Waals surface area contributed by atoms with Crippen LogP contribution in [0.4, 0.5) is 4.79 Å². The third-order valence-corrected chi connectivity index (χ3v) is 6.00. The van der Waals surface area contributed by atoms with Gasteiger partial charge in [-0.3, -0.25) is 4.79 Å². The van der Waals surface area contributed by atoms with Gasteiger partial charge >= 0.3 is 6.16 Å². The van der Waals surface area contributed by atoms with E-state index in [2.05, 4.69) is 4.74 Å². The van der Waals surface area contributed by atoms with Crippen molar-refractivity contribution in [1.29, 1.82) is 0 Å². The van der Waals surface area contributed by atoms with E-state index in [0.717, 1.165) is 23.8 Å². The third kappa shape index (κ3) is 5.14. The fourth-order valence-electron chi connectivity index (χ4n) is 4.15. The number of aryl methyl sites for hydroxylation is 1. The van der Waals surface area contributed by atoms with Crippen molar-refractivity contribution < 1.29 is 53.4 Å². The predicted octanol–water partition coefficient (Wildman–Crippen LogP) is 1.87. The summed E-state index contributed by atoms with van der Waals surface area (Å²) in [6.45, 7) is -0.683. The Hall–Kier alpha value is -3.64. The van der Waals surface area contributed by atoms with Crippen LogP contribution in [-0.4, -0.2) is 76.8 Å². The summed E-state index contributed by atoms with van der Waals surface area (Å²) in [5.41, 5.74) is 2.67. The summed E-state index contributed by atoms with van der Waals surface area (Å²) in [4.78, 5) is 24.6. The van der Waals surface area contributed by atoms with E-state index in [9.17, 15) is 30.0 Å². The number of methoxy groups -OCH3 is 1. The molecule has 36 heavy (non-hydrogen) atoms. The van der Waals surface area contributed by atoms with Gasteiger partial charge in [-0.05, 0) is 35.7 Å². The molecule has 0 spiro atoms. The first-order valence-electron chi connectivity index (χ1n) is 11.2. The molecule has 4 N–H and O–H groups in total. The van der Waals surface area contributed by atoms with E-state index in [1.807, 2.05) is 18.2 Å². The fourth-order valence-corrected chi connectivity index (χ4v) is 4.15. The minimum absolute atomic E-state index is 0.0457. The molecule has 0 amide bonds. The first-order valence-corrected chi connectivity index (χ1v) is 11.2. The van der Waals surface area contributed by atoms with Crippen molar-refractivity contribution in [1.82, 2.24) is 0 Å². The molecular formula is C25H26O11. The van der Waals surface area contributed by atoms with E-state index in [4.69, 9.17) is 18.6 Å². The average Bonchev–Trinajstić information content (AvgIpc) is 3.30. The molecule has 3 aliphatic rings. The lowest BCUT2D eigenvalue weighted by molar-refractivity contribution is -0.278. The number of hydrogen-bond acceptors (Lipinski definition) is 11. The third-order valence-electron chi connectivity index (χ3n) is 6.00. The molecule has 1 aromatic rings. The molecule has 4 rings (SSSR count). The number of fused-ring (bicyclic) bond motifs is 1. The molecule has 1 saturated heterocycles. The van der Waals surface area contributed by atoms with Crippen LogP contribution in [-0.2, 0) is 20.6 Å². The standard InChI is InChI=1S/C25H26O11/c1-32-25(31)36-23-19(11-26)35-24(22(30)21(23)29)34-18-4-2-3-16(27)20(18)17(28)8-7-13-5-6-14-12-33-10-9-15(13)14/h2-6,9-10,12,19,21-24,26-27,29-30H,7-8,11H2,1H3/t19-,21-,22-,23-,24-/m1/s1. The van der Waals surface area contributed by atoms with E-state index < -0.39 is 49.3 Å². The summed E-state index contributed by atoms with van der Waals surface area (Å²) >= 11 is 0. The number of ether oxygens (including phenoxy) is 4. The Labute approximate surface area is 205 Å². The predicted molar refractivity (Wildman–Crippen MR) is 122 cm³/mol. The van der Waals surface area contributed by atoms with Crippen LogP contribution in [0.5, 0.6) is 11.5 Å². The van der Waals surface area contributed by atoms with Crippen LogP contribution in [0, 0.1) is 0 Å². The lowest BCUT2D eigenvalue weighted by atomic mass is 9.98. The number of carbonyl (C=O) groups excluding carboxylic acids is 2. The molecule has 0 saturated carbocycles. The number of carbonyl (C=O) groups is 2. The van der Waals surface area contributed by atoms with E-state index >= 15 is 0 Å². The largest absolute Gasteiger partial charge is 0.508 e. The lowest BCUT2D eigenvalue weighted by Crippen LogP contribution is -2.61. The molecule has 1 aliphatic carbocycles. The van der Waals surface area contributed by atoms with Gasteiger partial charge in [-0.15, -0.1) is 0 Å². The maximum atomic E-state index is 13.1. The summed E-state index contributed by atoms with van der Waals surface area (Å²) in [7, 11) is 1.06. The number of aromatic hydroxyl groups is 1. The minimum Gasteiger partial charge on any atom is -0.507 e. The first kappa shape index (κ1) is 25.5. The molecule has 0 aromatic heterocycles. The van der Waals surface area contributed by atoms with Crippen molar-refractivity contribution in [3.63, 3.8) is 0 Å². The molecule has 2 aliphatic heterocycles. The maximum Gasteiger partial charge on any atom is 0.508 e. The van der Waals surface area contributed by atoms with Gasteiger partial charge in [-0.1, -0.05) is 18.2 Å². The Bertz CT molecular complexity index is 1170. The van der Waals surface area contributed by atoms with Gasteiger partial charge in [-0.25, -0.2) is 4.79 Å². The number of hydrogen-bond donors (Lipinski definition) is 4. The lowest BCUT2D eigenvalue weighted by Gasteiger charge is -2.41. The Morgan fingerprint density at radius 1 is 1.08 bits per heavy atom. The number of ketones is 1. The van der Waals surface area contributed by atoms with Crippen molar-refractivity contribution in [2.24, 2.45) is 0 Å². The molecule has 5 atom stereocenters. The zero-order valence-electron chi connectivity index (χ0n) is 19.3. The molecule has 1 fully saturated rings. The summed E-state index contributed by atoms with van der Waals surface area (Å²) in [6.07, 6.45) is -5.22. The Morgan fingerprint density at radius 2 is 1.89 bits per heavy atom. The van der Waals surface area contributed by atoms with Crippen LogP contribution >= 0.6 is 0 Å². The molecule has 11 heteroatoms. The molecule has 11 nitrogen and oxygen atoms in total. The number of benzene rings is 1. The van der Waals surface area contributed by atoms with E-state index in [0.29, 0.717) is 6.42 Å². The molecule has 2 heterocycles. The van der Waals surface area contributed by atoms with Gasteiger partial charge in [0.1, 0.15) is 35.4 Å². The number of Topliss-reactive ketones (excluding diaryl/α,β-unsaturated/α-hetero) is 1. The van der Waals surface area contributed by atoms with Crippen LogP contribution in [0.1, 0.15) is 22.3 Å². The van der Waals surface area contributed by atoms with Crippen LogP contribution < -0.4 is 4.74 Å². The van der Waals surface area contributed by atoms with Crippen LogP contribution in [0.3, 0.4) is 0 Å². The summed E-state index contributed by atoms with van der Waals surface area (Å²) in [5, 5.41) is 41.1. The van der Waals surface area contributed by atoms with Crippen LogP contribution in [0.15, 0.2) is 53.3 Å². The quantitative estimate of drug-likeness (QED) is 0.262. The highest BCUT2D eigenvalue weighted by atomic mass is 16.7. The zero-order valence-corrected chi connectivity index (χ0v) is 19.3. The van der Waals surface area contributed by atoms with Crippen LogP contribution in [0.25, 0.3) is 11.1 Å². The van der Waals surface area contributed by atoms with Gasteiger partial charge in [0.05, 0.1) is 26.2 Å². The summed E-state index contributed by atoms with van der Waals surface area (Å²) < 4.78 is 25.6. The molecule has 192 valence electrons. The van der Waals surface area contributed by atoms with Crippen molar-refractivity contribution >= 4 is 11.9 Å². The van der Waals surface area contributed by atoms with Gasteiger partial charge in [0.15, 0.2) is 11.9 Å². The van der Waals surface area contributed by atoms with Gasteiger partial charge in [0, 0.05) is 12.0 Å². The topological polar surface area (TPSA) is 165 Å². The first-order chi connectivity index (χ1) is 17.3. The fraction of sp³-hybridized carbons (Fsp3) is 0.360. The van der Waals surface area contributed by atoms with Crippen molar-refractivity contribution in [2.75, 3.05) is 13.7 Å². The van der Waals surface area contributed by atoms with Crippen molar-refractivity contribution in [2.45, 2.75) is 43.5 Å². The minimum atomic E-state index is -1.73. The zero-order chi connectivity index (χ0) is 25.8. The second-order valence-corrected chi connectivity index (χ2v) is 8.22. The maximum absolute atomic E-state index is 13.1. The number of phenolic OH excluding ortho intramolecular Hbond substituents is 1. The van der Waals surface area contributed by atoms with Gasteiger partial charge in [0.25, 0.3) is 0 Å². The normalized spacial score (nSPS) is 23.8. The number of rotatable bonds is 8. The van der Waals surface area contributed by atoms with E-state index in [1.54, 1.807) is 12.5 Å². The number of aliphatic hydroxyl groups excluding tert-OH is 3. The van der Waals surface area contributed by atoms with E-state index in [1.165, 1.54) is 18.2 Å². The van der Waals surface area contributed by atoms with Gasteiger partial charge in [-0.2, -0.15) is 0 Å². The highest BCUT2D eigenvalue weighted by molar-refractivity contribution is 6.01. The summed E-state index contributed by atoms with van der Waals surface area (Å²) in [6, 6.07) is 9.75. The number of phenols is 1. The molecule has 0 bridgehead atoms. The monoisotopic (exact) mass is 502 g/mol. The molecule has 1 aromatic carbocycles. The Kier molecular flexibility index (Phi) is 7.75. The molecular weight excluding hydrogens is 476 g/mol. The van der Waals surface area contributed by atoms with E-state index in [-0.39, 0.29) is 23.5 Å². The SMILES string of the molecule is COC(=O)O[C@H]1[C@H](O)[C@@H](O)[C@H](Oc2cccc(O)c2C(=O)CCc2ccc3coccc2-3)O[C@@H]1CO. The summed E-state index contributed by atoms with van der Waals surface area (Å²) in [5.74, 6) is -0.846. The Morgan fingerprint density at radius 3 is 2.64 bits per heavy atom. The van der Waals surface area contributed by atoms with Crippen LogP contribution in [0.2, 0.25) is 0 Å². The Balaban J connectivity index is 1.50. The van der Waals surface area contributed by atoms with Crippen molar-refractivity contribution in [3.05, 3.63) is 60.1 Å². The average molecular weight is 502 g/mol. The van der Waals surface area contributed by atoms with Gasteiger partial charge < -0.3 is 43.8 Å². The highest BCUT2D eigenvalue weighted by Crippen LogP contribution is 2.34. The number of aliphatic hydroxyl groups is 3. The molecule has 0 unspecified atom stereocenters.